The van der Waals surface area contributed by atoms with E-state index in [-0.39, 0.29) is 11.2 Å². The van der Waals surface area contributed by atoms with Gasteiger partial charge in [-0.3, -0.25) is 14.3 Å². The van der Waals surface area contributed by atoms with Crippen LogP contribution in [0.1, 0.15) is 18.4 Å². The highest BCUT2D eigenvalue weighted by Crippen LogP contribution is 2.59. The first kappa shape index (κ1) is 17.3. The van der Waals surface area contributed by atoms with Crippen LogP contribution in [0.4, 0.5) is 0 Å². The number of hydrogen-bond acceptors (Lipinski definition) is 3. The van der Waals surface area contributed by atoms with Gasteiger partial charge in [0.2, 0.25) is 0 Å². The van der Waals surface area contributed by atoms with Gasteiger partial charge in [0.1, 0.15) is 0 Å². The Morgan fingerprint density at radius 1 is 1.24 bits per heavy atom. The second-order valence-electron chi connectivity index (χ2n) is 7.08. The summed E-state index contributed by atoms with van der Waals surface area (Å²) in [5.41, 5.74) is 1.07. The lowest BCUT2D eigenvalue weighted by molar-refractivity contribution is 0.287. The largest absolute Gasteiger partial charge is 0.328 e. The summed E-state index contributed by atoms with van der Waals surface area (Å²) < 4.78 is 2.14. The fourth-order valence-electron chi connectivity index (χ4n) is 4.10. The summed E-state index contributed by atoms with van der Waals surface area (Å²) in [5, 5.41) is 0.785. The molecule has 2 aliphatic rings. The molecular weight excluding hydrogens is 453 g/mol. The van der Waals surface area contributed by atoms with Crippen molar-refractivity contribution in [3.8, 4) is 0 Å². The van der Waals surface area contributed by atoms with Gasteiger partial charge in [-0.25, -0.2) is 4.79 Å². The second-order valence-corrected chi connectivity index (χ2v) is 8.68. The average Bonchev–Trinajstić information content (AvgIpc) is 3.15. The zero-order valence-corrected chi connectivity index (χ0v) is 16.6. The number of likely N-dealkylation sites (tertiary alicyclic amines) is 1. The Morgan fingerprint density at radius 3 is 2.76 bits per heavy atom. The predicted molar refractivity (Wildman–Crippen MR) is 106 cm³/mol. The van der Waals surface area contributed by atoms with E-state index >= 15 is 0 Å². The van der Waals surface area contributed by atoms with E-state index < -0.39 is 0 Å². The van der Waals surface area contributed by atoms with Gasteiger partial charge in [-0.1, -0.05) is 23.7 Å². The first-order chi connectivity index (χ1) is 12.0. The highest BCUT2D eigenvalue weighted by atomic mass is 127. The van der Waals surface area contributed by atoms with Gasteiger partial charge in [0.15, 0.2) is 0 Å². The van der Waals surface area contributed by atoms with Crippen LogP contribution in [-0.4, -0.2) is 34.1 Å². The van der Waals surface area contributed by atoms with Crippen molar-refractivity contribution in [3.63, 3.8) is 0 Å². The molecule has 7 heteroatoms. The Hall–Kier alpha value is -1.12. The molecule has 0 unspecified atom stereocenters. The third kappa shape index (κ3) is 3.31. The first-order valence-electron chi connectivity index (χ1n) is 8.46. The van der Waals surface area contributed by atoms with Crippen LogP contribution in [0.25, 0.3) is 0 Å². The summed E-state index contributed by atoms with van der Waals surface area (Å²) in [5.74, 6) is 0.741. The average molecular weight is 472 g/mol. The van der Waals surface area contributed by atoms with Crippen molar-refractivity contribution in [2.24, 2.45) is 5.92 Å². The van der Waals surface area contributed by atoms with Crippen molar-refractivity contribution in [2.45, 2.75) is 24.8 Å². The summed E-state index contributed by atoms with van der Waals surface area (Å²) in [7, 11) is 0. The van der Waals surface area contributed by atoms with Crippen LogP contribution in [0.15, 0.2) is 40.1 Å². The van der Waals surface area contributed by atoms with Gasteiger partial charge in [0.05, 0.1) is 3.57 Å². The molecular formula is C18H19ClIN3O2. The van der Waals surface area contributed by atoms with E-state index in [0.717, 1.165) is 37.0 Å². The molecule has 1 aliphatic heterocycles. The number of H-pyrrole nitrogens is 1. The quantitative estimate of drug-likeness (QED) is 0.682. The maximum absolute atomic E-state index is 11.8. The maximum Gasteiger partial charge on any atom is 0.328 e. The van der Waals surface area contributed by atoms with E-state index in [4.69, 9.17) is 11.6 Å². The molecule has 4 rings (SSSR count). The lowest BCUT2D eigenvalue weighted by Gasteiger charge is -2.21. The van der Waals surface area contributed by atoms with Gasteiger partial charge in [-0.2, -0.15) is 0 Å². The summed E-state index contributed by atoms with van der Waals surface area (Å²) >= 11 is 7.96. The van der Waals surface area contributed by atoms with Crippen LogP contribution in [0.5, 0.6) is 0 Å². The Morgan fingerprint density at radius 2 is 2.00 bits per heavy atom. The van der Waals surface area contributed by atoms with Gasteiger partial charge < -0.3 is 4.90 Å². The Labute approximate surface area is 164 Å². The minimum atomic E-state index is -0.327. The van der Waals surface area contributed by atoms with Crippen LogP contribution >= 0.6 is 34.2 Å². The molecule has 5 nitrogen and oxygen atoms in total. The molecule has 1 N–H and O–H groups in total. The number of benzene rings is 1. The third-order valence-corrected chi connectivity index (χ3v) is 6.50. The second kappa shape index (κ2) is 6.55. The maximum atomic E-state index is 11.8. The standard InChI is InChI=1S/C18H19ClIN3O2/c19-14-4-2-12(3-5-14)18-8-13(18)9-22(11-18)6-1-7-23-10-15(20)16(24)21-17(23)25/h2-5,10,13H,1,6-9,11H2,(H,21,24,25)/t13-,18+/m0/s1. The van der Waals surface area contributed by atoms with Gasteiger partial charge in [-0.05, 0) is 65.6 Å². The van der Waals surface area contributed by atoms with E-state index in [1.807, 2.05) is 34.7 Å². The van der Waals surface area contributed by atoms with Crippen molar-refractivity contribution in [2.75, 3.05) is 19.6 Å². The zero-order valence-electron chi connectivity index (χ0n) is 13.7. The predicted octanol–water partition coefficient (Wildman–Crippen LogP) is 2.46. The molecule has 1 aromatic carbocycles. The van der Waals surface area contributed by atoms with Crippen LogP contribution in [0.2, 0.25) is 5.02 Å². The number of rotatable bonds is 5. The number of nitrogens with one attached hydrogen (secondary N) is 1. The minimum absolute atomic E-state index is 0.314. The van der Waals surface area contributed by atoms with Gasteiger partial charge in [0, 0.05) is 36.3 Å². The zero-order chi connectivity index (χ0) is 17.6. The summed E-state index contributed by atoms with van der Waals surface area (Å²) in [6, 6.07) is 8.28. The first-order valence-corrected chi connectivity index (χ1v) is 9.91. The highest BCUT2D eigenvalue weighted by Gasteiger charge is 2.60. The number of aryl methyl sites for hydroxylation is 1. The molecule has 2 fully saturated rings. The Balaban J connectivity index is 1.35. The SMILES string of the molecule is O=c1[nH]c(=O)n(CCCN2C[C@@H]3C[C@]3(c3ccc(Cl)cc3)C2)cc1I. The lowest BCUT2D eigenvalue weighted by Crippen LogP contribution is -2.33. The normalized spacial score (nSPS) is 25.1. The molecule has 132 valence electrons. The number of aromatic amines is 1. The highest BCUT2D eigenvalue weighted by molar-refractivity contribution is 14.1. The molecule has 0 bridgehead atoms. The fraction of sp³-hybridized carbons (Fsp3) is 0.444. The van der Waals surface area contributed by atoms with E-state index in [0.29, 0.717) is 15.5 Å². The van der Waals surface area contributed by atoms with Crippen LogP contribution in [0.3, 0.4) is 0 Å². The molecule has 0 amide bonds. The summed E-state index contributed by atoms with van der Waals surface area (Å²) in [6.45, 7) is 3.80. The Bertz CT molecular complexity index is 908. The molecule has 0 spiro atoms. The molecule has 2 atom stereocenters. The molecule has 2 heterocycles. The topological polar surface area (TPSA) is 58.1 Å². The Kier molecular flexibility index (Phi) is 4.54. The molecule has 0 radical (unpaired) electrons. The van der Waals surface area contributed by atoms with Crippen LogP contribution in [0, 0.1) is 9.49 Å². The van der Waals surface area contributed by atoms with Gasteiger partial charge >= 0.3 is 5.69 Å². The van der Waals surface area contributed by atoms with E-state index in [9.17, 15) is 9.59 Å². The van der Waals surface area contributed by atoms with Crippen molar-refractivity contribution in [3.05, 3.63) is 65.5 Å². The van der Waals surface area contributed by atoms with Crippen molar-refractivity contribution in [1.82, 2.24) is 14.5 Å². The number of halogens is 2. The van der Waals surface area contributed by atoms with E-state index in [2.05, 4.69) is 22.0 Å². The smallest absolute Gasteiger partial charge is 0.302 e. The molecule has 1 saturated heterocycles. The molecule has 1 aromatic heterocycles. The van der Waals surface area contributed by atoms with Crippen LogP contribution in [-0.2, 0) is 12.0 Å². The van der Waals surface area contributed by atoms with Gasteiger partial charge in [0.25, 0.3) is 5.56 Å². The number of fused-ring (bicyclic) bond motifs is 1. The third-order valence-electron chi connectivity index (χ3n) is 5.48. The van der Waals surface area contributed by atoms with Crippen molar-refractivity contribution >= 4 is 34.2 Å². The van der Waals surface area contributed by atoms with Crippen molar-refractivity contribution < 1.29 is 0 Å². The number of nitrogens with zero attached hydrogens (tertiary/aromatic N) is 2. The van der Waals surface area contributed by atoms with E-state index in [1.165, 1.54) is 12.0 Å². The number of hydrogen-bond donors (Lipinski definition) is 1. The van der Waals surface area contributed by atoms with Crippen LogP contribution < -0.4 is 11.2 Å². The van der Waals surface area contributed by atoms with E-state index in [1.54, 1.807) is 10.8 Å². The molecule has 1 saturated carbocycles. The number of piperidine rings is 1. The molecule has 1 aliphatic carbocycles. The van der Waals surface area contributed by atoms with Crippen molar-refractivity contribution in [1.29, 1.82) is 0 Å². The lowest BCUT2D eigenvalue weighted by atomic mass is 9.95. The molecule has 25 heavy (non-hydrogen) atoms. The monoisotopic (exact) mass is 471 g/mol. The van der Waals surface area contributed by atoms with Gasteiger partial charge in [-0.15, -0.1) is 0 Å². The summed E-state index contributed by atoms with van der Waals surface area (Å²) in [6.07, 6.45) is 3.80. The summed E-state index contributed by atoms with van der Waals surface area (Å²) in [4.78, 5) is 28.1. The fourth-order valence-corrected chi connectivity index (χ4v) is 4.70. The minimum Gasteiger partial charge on any atom is -0.302 e. The molecule has 2 aromatic rings. The number of aromatic nitrogens is 2.